The van der Waals surface area contributed by atoms with Crippen LogP contribution in [0.4, 0.5) is 0 Å². The average Bonchev–Trinajstić information content (AvgIpc) is 2.63. The number of benzene rings is 2. The van der Waals surface area contributed by atoms with Crippen LogP contribution in [0.2, 0.25) is 0 Å². The van der Waals surface area contributed by atoms with Gasteiger partial charge in [0.1, 0.15) is 0 Å². The Morgan fingerprint density at radius 2 is 1.08 bits per heavy atom. The third kappa shape index (κ3) is 3.02. The van der Waals surface area contributed by atoms with Crippen molar-refractivity contribution < 1.29 is 19.8 Å². The summed E-state index contributed by atoms with van der Waals surface area (Å²) in [5.41, 5.74) is -2.05. The number of carbonyl (C=O) groups is 2. The zero-order chi connectivity index (χ0) is 18.6. The highest BCUT2D eigenvalue weighted by molar-refractivity contribution is 6.13. The molecule has 126 valence electrons. The Bertz CT molecular complexity index is 796. The monoisotopic (exact) mass is 332 g/mol. The first-order chi connectivity index (χ1) is 11.8. The van der Waals surface area contributed by atoms with Crippen molar-refractivity contribution in [3.63, 3.8) is 0 Å². The van der Waals surface area contributed by atoms with E-state index in [1.807, 2.05) is 0 Å². The Kier molecular flexibility index (Phi) is 5.03. The van der Waals surface area contributed by atoms with E-state index in [1.54, 1.807) is 60.7 Å². The number of aliphatic carboxylic acids is 2. The maximum atomic E-state index is 12.2. The summed E-state index contributed by atoms with van der Waals surface area (Å²) in [5.74, 6) is -3.39. The van der Waals surface area contributed by atoms with Gasteiger partial charge >= 0.3 is 0 Å². The molecule has 2 aromatic rings. The third-order valence-electron chi connectivity index (χ3n) is 4.16. The first-order valence-electron chi connectivity index (χ1n) is 7.45. The molecule has 2 aromatic carbocycles. The van der Waals surface area contributed by atoms with Gasteiger partial charge in [-0.05, 0) is 27.8 Å². The van der Waals surface area contributed by atoms with Crippen molar-refractivity contribution in [3.8, 4) is 0 Å². The van der Waals surface area contributed by atoms with Crippen molar-refractivity contribution in [2.45, 2.75) is 0 Å². The SMILES string of the molecule is C=C(C(=O)[O-])C(C(=C)c1ccccc1)(C(=C)c1ccccc1)C(=O)[O-]. The van der Waals surface area contributed by atoms with E-state index in [2.05, 4.69) is 19.7 Å². The van der Waals surface area contributed by atoms with E-state index in [0.29, 0.717) is 11.1 Å². The lowest BCUT2D eigenvalue weighted by molar-refractivity contribution is -0.316. The zero-order valence-electron chi connectivity index (χ0n) is 13.5. The first kappa shape index (κ1) is 17.9. The fourth-order valence-electron chi connectivity index (χ4n) is 2.78. The van der Waals surface area contributed by atoms with E-state index in [0.717, 1.165) is 0 Å². The number of rotatable bonds is 7. The van der Waals surface area contributed by atoms with E-state index in [4.69, 9.17) is 0 Å². The van der Waals surface area contributed by atoms with E-state index in [1.165, 1.54) is 0 Å². The Balaban J connectivity index is 2.76. The summed E-state index contributed by atoms with van der Waals surface area (Å²) in [6.45, 7) is 11.1. The van der Waals surface area contributed by atoms with Crippen molar-refractivity contribution in [2.75, 3.05) is 0 Å². The molecule has 0 bridgehead atoms. The smallest absolute Gasteiger partial charge is 0.0858 e. The van der Waals surface area contributed by atoms with Gasteiger partial charge in [-0.3, -0.25) is 0 Å². The molecule has 0 saturated heterocycles. The van der Waals surface area contributed by atoms with Crippen LogP contribution < -0.4 is 10.2 Å². The molecule has 25 heavy (non-hydrogen) atoms. The quantitative estimate of drug-likeness (QED) is 0.719. The Morgan fingerprint density at radius 3 is 1.36 bits per heavy atom. The summed E-state index contributed by atoms with van der Waals surface area (Å²) in [7, 11) is 0. The second-order valence-corrected chi connectivity index (χ2v) is 5.49. The molecular formula is C21H16O4-2. The van der Waals surface area contributed by atoms with E-state index < -0.39 is 22.9 Å². The highest BCUT2D eigenvalue weighted by atomic mass is 16.4. The molecule has 2 rings (SSSR count). The van der Waals surface area contributed by atoms with Crippen molar-refractivity contribution in [1.29, 1.82) is 0 Å². The molecule has 0 N–H and O–H groups in total. The van der Waals surface area contributed by atoms with Crippen molar-refractivity contribution in [1.82, 2.24) is 0 Å². The fraction of sp³-hybridized carbons (Fsp3) is 0.0476. The molecular weight excluding hydrogens is 316 g/mol. The third-order valence-corrected chi connectivity index (χ3v) is 4.16. The molecule has 0 radical (unpaired) electrons. The van der Waals surface area contributed by atoms with Crippen LogP contribution in [-0.4, -0.2) is 11.9 Å². The molecule has 0 aromatic heterocycles. The van der Waals surface area contributed by atoms with Crippen LogP contribution in [0.15, 0.2) is 86.0 Å². The molecule has 0 heterocycles. The van der Waals surface area contributed by atoms with E-state index in [9.17, 15) is 19.8 Å². The Labute approximate surface area is 146 Å². The number of hydrogen-bond acceptors (Lipinski definition) is 4. The lowest BCUT2D eigenvalue weighted by Crippen LogP contribution is -2.48. The van der Waals surface area contributed by atoms with Gasteiger partial charge in [-0.2, -0.15) is 0 Å². The van der Waals surface area contributed by atoms with Gasteiger partial charge in [-0.15, -0.1) is 0 Å². The number of hydrogen-bond donors (Lipinski definition) is 0. The predicted molar refractivity (Wildman–Crippen MR) is 92.5 cm³/mol. The normalized spacial score (nSPS) is 10.7. The molecule has 0 aliphatic carbocycles. The molecule has 0 spiro atoms. The van der Waals surface area contributed by atoms with Gasteiger partial charge in [-0.1, -0.05) is 80.4 Å². The Morgan fingerprint density at radius 1 is 0.720 bits per heavy atom. The fourth-order valence-corrected chi connectivity index (χ4v) is 2.78. The highest BCUT2D eigenvalue weighted by Gasteiger charge is 2.42. The predicted octanol–water partition coefficient (Wildman–Crippen LogP) is 1.46. The molecule has 0 amide bonds. The van der Waals surface area contributed by atoms with Crippen LogP contribution >= 0.6 is 0 Å². The summed E-state index contributed by atoms with van der Waals surface area (Å²) in [6, 6.07) is 16.7. The van der Waals surface area contributed by atoms with Crippen molar-refractivity contribution in [3.05, 3.63) is 97.1 Å². The van der Waals surface area contributed by atoms with Gasteiger partial charge in [0.05, 0.1) is 17.4 Å². The van der Waals surface area contributed by atoms with Gasteiger partial charge in [-0.25, -0.2) is 0 Å². The summed E-state index contributed by atoms with van der Waals surface area (Å²) in [4.78, 5) is 23.8. The van der Waals surface area contributed by atoms with Crippen LogP contribution in [0.25, 0.3) is 11.1 Å². The zero-order valence-corrected chi connectivity index (χ0v) is 13.5. The number of carboxylic acids is 2. The van der Waals surface area contributed by atoms with Crippen LogP contribution in [0.5, 0.6) is 0 Å². The van der Waals surface area contributed by atoms with Crippen molar-refractivity contribution in [2.24, 2.45) is 5.41 Å². The second kappa shape index (κ2) is 7.01. The molecule has 0 saturated carbocycles. The summed E-state index contributed by atoms with van der Waals surface area (Å²) < 4.78 is 0. The minimum atomic E-state index is -2.23. The van der Waals surface area contributed by atoms with Gasteiger partial charge in [0.2, 0.25) is 0 Å². The van der Waals surface area contributed by atoms with E-state index >= 15 is 0 Å². The molecule has 0 aliphatic rings. The lowest BCUT2D eigenvalue weighted by atomic mass is 9.66. The Hall–Kier alpha value is -3.40. The minimum Gasteiger partial charge on any atom is -0.548 e. The van der Waals surface area contributed by atoms with Gasteiger partial charge in [0, 0.05) is 0 Å². The summed E-state index contributed by atoms with van der Waals surface area (Å²) >= 11 is 0. The molecule has 0 atom stereocenters. The average molecular weight is 332 g/mol. The molecule has 4 nitrogen and oxygen atoms in total. The van der Waals surface area contributed by atoms with Gasteiger partial charge < -0.3 is 19.8 Å². The largest absolute Gasteiger partial charge is 0.548 e. The van der Waals surface area contributed by atoms with Crippen LogP contribution in [0.3, 0.4) is 0 Å². The van der Waals surface area contributed by atoms with Crippen LogP contribution in [-0.2, 0) is 9.59 Å². The van der Waals surface area contributed by atoms with Crippen molar-refractivity contribution >= 4 is 23.1 Å². The molecule has 0 aliphatic heterocycles. The van der Waals surface area contributed by atoms with E-state index in [-0.39, 0.29) is 11.1 Å². The maximum Gasteiger partial charge on any atom is 0.0858 e. The minimum absolute atomic E-state index is 0.00356. The van der Waals surface area contributed by atoms with Gasteiger partial charge in [0.15, 0.2) is 0 Å². The molecule has 0 fully saturated rings. The first-order valence-corrected chi connectivity index (χ1v) is 7.45. The summed E-state index contributed by atoms with van der Waals surface area (Å²) in [6.07, 6.45) is 0. The topological polar surface area (TPSA) is 80.3 Å². The molecule has 4 heteroatoms. The van der Waals surface area contributed by atoms with Gasteiger partial charge in [0.25, 0.3) is 0 Å². The highest BCUT2D eigenvalue weighted by Crippen LogP contribution is 2.48. The number of carboxylic acid groups (broad SMARTS) is 2. The van der Waals surface area contributed by atoms with Crippen LogP contribution in [0.1, 0.15) is 11.1 Å². The second-order valence-electron chi connectivity index (χ2n) is 5.49. The standard InChI is InChI=1S/C21H18O4/c1-14(17-10-6-4-7-11-17)21(20(24)25,16(3)19(22)23)15(2)18-12-8-5-9-13-18/h4-13H,1-3H2,(H,22,23)(H,24,25)/p-2. The summed E-state index contributed by atoms with van der Waals surface area (Å²) in [5, 5.41) is 23.8. The molecule has 0 unspecified atom stereocenters. The lowest BCUT2D eigenvalue weighted by Gasteiger charge is -2.41. The number of carbonyl (C=O) groups excluding carboxylic acids is 2. The van der Waals surface area contributed by atoms with Crippen LogP contribution in [0, 0.1) is 5.41 Å². The maximum absolute atomic E-state index is 12.2.